The molecule has 0 saturated carbocycles. The molecule has 0 saturated heterocycles. The van der Waals surface area contributed by atoms with Crippen molar-refractivity contribution >= 4 is 40.1 Å². The minimum atomic E-state index is -0.489. The highest BCUT2D eigenvalue weighted by atomic mass is 79.9. The summed E-state index contributed by atoms with van der Waals surface area (Å²) < 4.78 is 0. The van der Waals surface area contributed by atoms with Crippen molar-refractivity contribution in [3.63, 3.8) is 0 Å². The maximum Gasteiger partial charge on any atom is 0.209 e. The van der Waals surface area contributed by atoms with Gasteiger partial charge in [0.25, 0.3) is 0 Å². The normalized spacial score (nSPS) is 8.75. The second-order valence-electron chi connectivity index (χ2n) is 1.12. The molecule has 0 atom stereocenters. The lowest BCUT2D eigenvalue weighted by Crippen LogP contribution is -2.15. The average molecular weight is 196 g/mol. The van der Waals surface area contributed by atoms with E-state index in [4.69, 9.17) is 0 Å². The number of rotatable bonds is 3. The van der Waals surface area contributed by atoms with Gasteiger partial charge in [-0.05, 0) is 0 Å². The van der Waals surface area contributed by atoms with Gasteiger partial charge >= 0.3 is 0 Å². The summed E-state index contributed by atoms with van der Waals surface area (Å²) >= 11 is 7.17. The highest BCUT2D eigenvalue weighted by Crippen LogP contribution is 1.86. The van der Waals surface area contributed by atoms with E-state index in [0.717, 1.165) is 0 Å². The number of carbonyl (C=O) groups is 2. The Bertz CT molecular complexity index is 98.6. The third-order valence-corrected chi connectivity index (χ3v) is 1.33. The van der Waals surface area contributed by atoms with Crippen LogP contribution in [0.25, 0.3) is 0 Å². The van der Waals surface area contributed by atoms with Crippen LogP contribution < -0.4 is 0 Å². The highest BCUT2D eigenvalue weighted by Gasteiger charge is 2.07. The van der Waals surface area contributed by atoms with Crippen LogP contribution in [0.2, 0.25) is 0 Å². The largest absolute Gasteiger partial charge is 0.290 e. The van der Waals surface area contributed by atoms with E-state index in [1.807, 2.05) is 0 Å². The van der Waals surface area contributed by atoms with E-state index in [-0.39, 0.29) is 11.1 Å². The van der Waals surface area contributed by atoms with E-state index in [1.54, 1.807) is 0 Å². The fourth-order valence-corrected chi connectivity index (χ4v) is 0.629. The second kappa shape index (κ2) is 4.09. The Morgan fingerprint density at radius 3 is 2.00 bits per heavy atom. The maximum atomic E-state index is 10.3. The van der Waals surface area contributed by atoms with E-state index >= 15 is 0 Å². The molecule has 0 amide bonds. The number of halogens is 1. The van der Waals surface area contributed by atoms with Crippen LogP contribution in [0, 0.1) is 0 Å². The maximum absolute atomic E-state index is 10.3. The third kappa shape index (κ3) is 2.47. The van der Waals surface area contributed by atoms with Gasteiger partial charge in [0.2, 0.25) is 11.6 Å². The number of carbonyl (C=O) groups excluding carboxylic acids is 2. The number of Topliss-reactive ketones (excluding diaryl/α,β-unsaturated/α-hetero) is 2. The van der Waals surface area contributed by atoms with Gasteiger partial charge in [-0.2, -0.15) is 0 Å². The summed E-state index contributed by atoms with van der Waals surface area (Å²) in [5.74, 6) is -1.04. The monoisotopic (exact) mass is 195 g/mol. The molecule has 0 aliphatic heterocycles. The predicted molar refractivity (Wildman–Crippen MR) is 36.3 cm³/mol. The molecule has 0 aromatic heterocycles. The molecule has 0 heterocycles. The number of alkyl halides is 1. The van der Waals surface area contributed by atoms with Crippen LogP contribution in [0.1, 0.15) is 0 Å². The first-order valence-electron chi connectivity index (χ1n) is 1.92. The fourth-order valence-electron chi connectivity index (χ4n) is 0.155. The predicted octanol–water partition coefficient (Wildman–Crippen LogP) is 0.717. The lowest BCUT2D eigenvalue weighted by Gasteiger charge is -1.85. The fraction of sp³-hybridized carbons (Fsp3) is 0.500. The Balaban J connectivity index is 3.64. The molecule has 4 heteroatoms. The molecule has 0 aromatic rings. The van der Waals surface area contributed by atoms with Gasteiger partial charge in [-0.1, -0.05) is 28.6 Å². The van der Waals surface area contributed by atoms with Crippen molar-refractivity contribution in [2.75, 3.05) is 11.1 Å². The molecule has 8 heavy (non-hydrogen) atoms. The van der Waals surface area contributed by atoms with Crippen LogP contribution in [0.4, 0.5) is 0 Å². The Morgan fingerprint density at radius 1 is 1.38 bits per heavy atom. The zero-order chi connectivity index (χ0) is 6.57. The zero-order valence-corrected chi connectivity index (χ0v) is 6.42. The van der Waals surface area contributed by atoms with Gasteiger partial charge in [-0.3, -0.25) is 9.59 Å². The Morgan fingerprint density at radius 2 is 1.88 bits per heavy atom. The van der Waals surface area contributed by atoms with E-state index in [2.05, 4.69) is 28.6 Å². The smallest absolute Gasteiger partial charge is 0.209 e. The van der Waals surface area contributed by atoms with E-state index in [0.29, 0.717) is 0 Å². The van der Waals surface area contributed by atoms with Crippen LogP contribution >= 0.6 is 28.6 Å². The average Bonchev–Trinajstić information content (AvgIpc) is 1.84. The van der Waals surface area contributed by atoms with Crippen LogP contribution in [0.15, 0.2) is 0 Å². The van der Waals surface area contributed by atoms with E-state index in [1.165, 1.54) is 0 Å². The summed E-state index contributed by atoms with van der Waals surface area (Å²) in [5.41, 5.74) is 0. The molecule has 0 unspecified atom stereocenters. The van der Waals surface area contributed by atoms with Crippen molar-refractivity contribution in [2.45, 2.75) is 0 Å². The molecular formula is C4H4BrO2S. The molecule has 45 valence electrons. The van der Waals surface area contributed by atoms with Crippen molar-refractivity contribution in [1.29, 1.82) is 0 Å². The lowest BCUT2D eigenvalue weighted by atomic mass is 10.3. The third-order valence-electron chi connectivity index (χ3n) is 0.563. The van der Waals surface area contributed by atoms with Crippen LogP contribution in [-0.2, 0) is 9.59 Å². The van der Waals surface area contributed by atoms with Crippen molar-refractivity contribution in [3.8, 4) is 0 Å². The van der Waals surface area contributed by atoms with Gasteiger partial charge in [0.05, 0.1) is 11.1 Å². The first-order valence-corrected chi connectivity index (χ1v) is 3.62. The van der Waals surface area contributed by atoms with Crippen LogP contribution in [0.5, 0.6) is 0 Å². The van der Waals surface area contributed by atoms with Gasteiger partial charge in [0.1, 0.15) is 0 Å². The zero-order valence-electron chi connectivity index (χ0n) is 4.02. The van der Waals surface area contributed by atoms with Gasteiger partial charge in [-0.15, -0.1) is 0 Å². The number of hydrogen-bond acceptors (Lipinski definition) is 2. The highest BCUT2D eigenvalue weighted by molar-refractivity contribution is 9.09. The van der Waals surface area contributed by atoms with E-state index in [9.17, 15) is 9.59 Å². The van der Waals surface area contributed by atoms with E-state index < -0.39 is 11.6 Å². The molecule has 2 nitrogen and oxygen atoms in total. The van der Waals surface area contributed by atoms with Gasteiger partial charge in [0, 0.05) is 0 Å². The second-order valence-corrected chi connectivity index (χ2v) is 1.97. The Labute approximate surface area is 61.2 Å². The SMILES string of the molecule is O=C(C[S])C(=O)CBr. The summed E-state index contributed by atoms with van der Waals surface area (Å²) in [6.07, 6.45) is 0. The molecule has 0 bridgehead atoms. The number of hydrogen-bond donors (Lipinski definition) is 0. The molecule has 0 spiro atoms. The topological polar surface area (TPSA) is 34.1 Å². The first kappa shape index (κ1) is 8.17. The molecular weight excluding hydrogens is 192 g/mol. The first-order chi connectivity index (χ1) is 3.72. The Hall–Kier alpha value is 0.170. The van der Waals surface area contributed by atoms with Gasteiger partial charge < -0.3 is 0 Å². The standard InChI is InChI=1S/C4H4BrO2S/c5-1-3(6)4(7)2-8/h1-2H2. The molecule has 0 aliphatic carbocycles. The van der Waals surface area contributed by atoms with Crippen molar-refractivity contribution < 1.29 is 9.59 Å². The quantitative estimate of drug-likeness (QED) is 0.492. The summed E-state index contributed by atoms with van der Waals surface area (Å²) in [6.45, 7) is 0. The summed E-state index contributed by atoms with van der Waals surface area (Å²) in [4.78, 5) is 20.5. The molecule has 0 N–H and O–H groups in total. The van der Waals surface area contributed by atoms with Crippen LogP contribution in [-0.4, -0.2) is 22.6 Å². The molecule has 1 radical (unpaired) electrons. The van der Waals surface area contributed by atoms with Crippen molar-refractivity contribution in [2.24, 2.45) is 0 Å². The minimum absolute atomic E-state index is 0.0858. The summed E-state index contributed by atoms with van der Waals surface area (Å²) in [7, 11) is 0. The molecule has 0 rings (SSSR count). The van der Waals surface area contributed by atoms with Crippen molar-refractivity contribution in [3.05, 3.63) is 0 Å². The molecule has 0 aromatic carbocycles. The van der Waals surface area contributed by atoms with Gasteiger partial charge in [-0.25, -0.2) is 0 Å². The van der Waals surface area contributed by atoms with Crippen LogP contribution in [0.3, 0.4) is 0 Å². The summed E-state index contributed by atoms with van der Waals surface area (Å²) in [6, 6.07) is 0. The van der Waals surface area contributed by atoms with Gasteiger partial charge in [0.15, 0.2) is 0 Å². The molecule has 0 aliphatic rings. The minimum Gasteiger partial charge on any atom is -0.290 e. The summed E-state index contributed by atoms with van der Waals surface area (Å²) in [5, 5.41) is 0.0858. The lowest BCUT2D eigenvalue weighted by molar-refractivity contribution is -0.133. The Kier molecular flexibility index (Phi) is 4.18. The molecule has 0 fully saturated rings. The number of ketones is 2. The van der Waals surface area contributed by atoms with Crippen molar-refractivity contribution in [1.82, 2.24) is 0 Å².